The maximum absolute atomic E-state index is 14.0. The van der Waals surface area contributed by atoms with Gasteiger partial charge < -0.3 is 25.3 Å². The van der Waals surface area contributed by atoms with E-state index in [1.807, 2.05) is 43.3 Å². The number of aromatic nitrogens is 1. The van der Waals surface area contributed by atoms with Crippen LogP contribution < -0.4 is 16.0 Å². The summed E-state index contributed by atoms with van der Waals surface area (Å²) in [6, 6.07) is 15.4. The van der Waals surface area contributed by atoms with Gasteiger partial charge in [-0.2, -0.15) is 0 Å². The number of rotatable bonds is 10. The van der Waals surface area contributed by atoms with Crippen molar-refractivity contribution in [2.24, 2.45) is 23.2 Å². The van der Waals surface area contributed by atoms with Crippen molar-refractivity contribution >= 4 is 35.7 Å². The predicted octanol–water partition coefficient (Wildman–Crippen LogP) is 4.87. The Kier molecular flexibility index (Phi) is 8.72. The molecule has 3 aliphatic carbocycles. The summed E-state index contributed by atoms with van der Waals surface area (Å²) in [5.74, 6) is -0.410. The van der Waals surface area contributed by atoms with Crippen LogP contribution in [0.25, 0.3) is 10.9 Å². The third-order valence-corrected chi connectivity index (χ3v) is 10.6. The molecule has 7 rings (SSSR count). The fourth-order valence-electron chi connectivity index (χ4n) is 7.75. The molecule has 242 valence electrons. The van der Waals surface area contributed by atoms with Gasteiger partial charge in [-0.1, -0.05) is 63.6 Å². The second-order valence-electron chi connectivity index (χ2n) is 14.6. The maximum Gasteiger partial charge on any atom is 0.481 e. The molecule has 0 radical (unpaired) electrons. The lowest BCUT2D eigenvalue weighted by molar-refractivity contribution is -0.199. The third kappa shape index (κ3) is 6.17. The summed E-state index contributed by atoms with van der Waals surface area (Å²) in [5.41, 5.74) is 2.37. The molecule has 3 aromatic rings. The minimum Gasteiger partial charge on any atom is -0.404 e. The Balaban J connectivity index is 1.21. The van der Waals surface area contributed by atoms with E-state index in [2.05, 4.69) is 55.6 Å². The average Bonchev–Trinajstić information content (AvgIpc) is 3.39. The standard InChI is InChI=1S/C36H45BN4O5/c1-21(2)15-31(37-45-30-18-26-17-29(35(26,4)5)36(30,6)46-37)41-34(44)28(20-39-32(42)23-13-11-22(3)12-14-23)40-33(43)25-16-24-9-7-8-10-27(24)38-19-25/h7-14,16,19,21,26,28-31H,15,17-18,20H2,1-6H3,(H,39,42)(H,40,43)(H,41,44)/t26-,28-,29-,30+,31-,36-/m0/s1. The summed E-state index contributed by atoms with van der Waals surface area (Å²) in [6.07, 6.45) is 4.18. The second kappa shape index (κ2) is 12.5. The normalized spacial score (nSPS) is 25.7. The van der Waals surface area contributed by atoms with Gasteiger partial charge in [-0.05, 0) is 80.5 Å². The topological polar surface area (TPSA) is 119 Å². The van der Waals surface area contributed by atoms with Crippen molar-refractivity contribution < 1.29 is 23.7 Å². The fraction of sp³-hybridized carbons (Fsp3) is 0.500. The third-order valence-electron chi connectivity index (χ3n) is 10.6. The van der Waals surface area contributed by atoms with E-state index >= 15 is 0 Å². The van der Waals surface area contributed by atoms with Gasteiger partial charge in [0.2, 0.25) is 5.91 Å². The number of nitrogens with one attached hydrogen (secondary N) is 3. The Labute approximate surface area is 271 Å². The van der Waals surface area contributed by atoms with E-state index in [1.54, 1.807) is 18.2 Å². The first kappa shape index (κ1) is 32.2. The van der Waals surface area contributed by atoms with E-state index in [4.69, 9.17) is 9.31 Å². The molecule has 9 nitrogen and oxygen atoms in total. The second-order valence-corrected chi connectivity index (χ2v) is 14.6. The smallest absolute Gasteiger partial charge is 0.404 e. The number of amides is 3. The van der Waals surface area contributed by atoms with E-state index in [9.17, 15) is 14.4 Å². The molecule has 46 heavy (non-hydrogen) atoms. The van der Waals surface area contributed by atoms with Crippen molar-refractivity contribution in [3.05, 3.63) is 77.5 Å². The lowest BCUT2D eigenvalue weighted by atomic mass is 9.43. The molecule has 2 bridgehead atoms. The summed E-state index contributed by atoms with van der Waals surface area (Å²) in [5, 5.41) is 9.67. The minimum atomic E-state index is -1.06. The number of nitrogens with zero attached hydrogens (tertiary/aromatic N) is 1. The molecule has 0 spiro atoms. The molecule has 6 atom stereocenters. The number of hydrogen-bond donors (Lipinski definition) is 3. The van der Waals surface area contributed by atoms with E-state index in [0.29, 0.717) is 29.4 Å². The number of carbonyl (C=O) groups is 3. The maximum atomic E-state index is 14.0. The first-order chi connectivity index (χ1) is 21.8. The van der Waals surface area contributed by atoms with Crippen molar-refractivity contribution in [1.29, 1.82) is 0 Å². The van der Waals surface area contributed by atoms with Gasteiger partial charge in [-0.15, -0.1) is 0 Å². The van der Waals surface area contributed by atoms with Crippen LogP contribution in [0.2, 0.25) is 0 Å². The van der Waals surface area contributed by atoms with Crippen LogP contribution in [0, 0.1) is 30.1 Å². The molecule has 2 aromatic carbocycles. The van der Waals surface area contributed by atoms with Crippen molar-refractivity contribution in [1.82, 2.24) is 20.9 Å². The SMILES string of the molecule is Cc1ccc(C(=O)NC[C@H](NC(=O)c2cnc3ccccc3c2)C(=O)N[C@@H](CC(C)C)B2O[C@@H]3C[C@@H]4C[C@@H](C4(C)C)[C@]3(C)O2)cc1. The molecular formula is C36H45BN4O5. The Morgan fingerprint density at radius 3 is 2.43 bits per heavy atom. The largest absolute Gasteiger partial charge is 0.481 e. The van der Waals surface area contributed by atoms with Crippen LogP contribution in [0.5, 0.6) is 0 Å². The summed E-state index contributed by atoms with van der Waals surface area (Å²) in [6.45, 7) is 12.8. The number of fused-ring (bicyclic) bond motifs is 1. The monoisotopic (exact) mass is 624 g/mol. The summed E-state index contributed by atoms with van der Waals surface area (Å²) in [4.78, 5) is 45.0. The van der Waals surface area contributed by atoms with Gasteiger partial charge in [0.1, 0.15) is 6.04 Å². The van der Waals surface area contributed by atoms with Crippen LogP contribution in [0.15, 0.2) is 60.8 Å². The summed E-state index contributed by atoms with van der Waals surface area (Å²) < 4.78 is 13.3. The lowest BCUT2D eigenvalue weighted by Gasteiger charge is -2.64. The van der Waals surface area contributed by atoms with Crippen molar-refractivity contribution in [2.75, 3.05) is 6.54 Å². The molecule has 2 heterocycles. The predicted molar refractivity (Wildman–Crippen MR) is 178 cm³/mol. The Bertz CT molecular complexity index is 1630. The molecule has 4 fully saturated rings. The zero-order valence-electron chi connectivity index (χ0n) is 27.6. The van der Waals surface area contributed by atoms with E-state index < -0.39 is 36.5 Å². The molecule has 3 saturated carbocycles. The summed E-state index contributed by atoms with van der Waals surface area (Å²) >= 11 is 0. The number of para-hydroxylation sites is 1. The number of aryl methyl sites for hydroxylation is 1. The molecule has 10 heteroatoms. The van der Waals surface area contributed by atoms with Crippen LogP contribution in [0.1, 0.15) is 80.2 Å². The van der Waals surface area contributed by atoms with Crippen LogP contribution in [-0.4, -0.2) is 60.1 Å². The Morgan fingerprint density at radius 1 is 0.978 bits per heavy atom. The molecule has 3 amide bonds. The van der Waals surface area contributed by atoms with Gasteiger partial charge in [-0.3, -0.25) is 19.4 Å². The lowest BCUT2D eigenvalue weighted by Crippen LogP contribution is -2.65. The molecule has 1 saturated heterocycles. The molecule has 1 aliphatic heterocycles. The number of benzene rings is 2. The number of carbonyl (C=O) groups excluding carboxylic acids is 3. The van der Waals surface area contributed by atoms with Gasteiger partial charge in [0.25, 0.3) is 11.8 Å². The molecule has 3 N–H and O–H groups in total. The zero-order valence-corrected chi connectivity index (χ0v) is 27.6. The van der Waals surface area contributed by atoms with Gasteiger partial charge >= 0.3 is 7.12 Å². The fourth-order valence-corrected chi connectivity index (χ4v) is 7.75. The minimum absolute atomic E-state index is 0.0226. The van der Waals surface area contributed by atoms with Crippen LogP contribution in [-0.2, 0) is 14.1 Å². The highest BCUT2D eigenvalue weighted by Crippen LogP contribution is 2.65. The summed E-state index contributed by atoms with van der Waals surface area (Å²) in [7, 11) is -0.611. The van der Waals surface area contributed by atoms with Crippen LogP contribution >= 0.6 is 0 Å². The van der Waals surface area contributed by atoms with E-state index in [-0.39, 0.29) is 29.9 Å². The highest BCUT2D eigenvalue weighted by molar-refractivity contribution is 6.48. The first-order valence-electron chi connectivity index (χ1n) is 16.5. The Hall–Kier alpha value is -3.76. The quantitative estimate of drug-likeness (QED) is 0.277. The van der Waals surface area contributed by atoms with Gasteiger partial charge in [-0.25, -0.2) is 0 Å². The van der Waals surface area contributed by atoms with Gasteiger partial charge in [0.05, 0.1) is 28.7 Å². The van der Waals surface area contributed by atoms with Gasteiger partial charge in [0.15, 0.2) is 0 Å². The highest BCUT2D eigenvalue weighted by atomic mass is 16.7. The number of hydrogen-bond acceptors (Lipinski definition) is 6. The van der Waals surface area contributed by atoms with Crippen molar-refractivity contribution in [3.8, 4) is 0 Å². The molecular weight excluding hydrogens is 579 g/mol. The average molecular weight is 625 g/mol. The molecule has 1 aromatic heterocycles. The van der Waals surface area contributed by atoms with Gasteiger partial charge in [0, 0.05) is 23.7 Å². The zero-order chi connectivity index (χ0) is 32.8. The molecule has 4 aliphatic rings. The first-order valence-corrected chi connectivity index (χ1v) is 16.5. The van der Waals surface area contributed by atoms with Crippen molar-refractivity contribution in [3.63, 3.8) is 0 Å². The van der Waals surface area contributed by atoms with E-state index in [0.717, 1.165) is 29.3 Å². The highest BCUT2D eigenvalue weighted by Gasteiger charge is 2.68. The van der Waals surface area contributed by atoms with Crippen LogP contribution in [0.4, 0.5) is 0 Å². The van der Waals surface area contributed by atoms with Crippen molar-refractivity contribution in [2.45, 2.75) is 84.5 Å². The Morgan fingerprint density at radius 2 is 1.72 bits per heavy atom. The van der Waals surface area contributed by atoms with Crippen LogP contribution in [0.3, 0.4) is 0 Å². The number of pyridine rings is 1. The van der Waals surface area contributed by atoms with E-state index in [1.165, 1.54) is 6.20 Å². The molecule has 0 unspecified atom stereocenters.